The first-order valence-electron chi connectivity index (χ1n) is 10.8. The number of para-hydroxylation sites is 1. The highest BCUT2D eigenvalue weighted by molar-refractivity contribution is 7.99. The maximum absolute atomic E-state index is 12.8. The van der Waals surface area contributed by atoms with Crippen LogP contribution in [-0.2, 0) is 17.8 Å². The highest BCUT2D eigenvalue weighted by Gasteiger charge is 2.22. The van der Waals surface area contributed by atoms with Crippen molar-refractivity contribution in [1.29, 1.82) is 0 Å². The molecule has 0 saturated carbocycles. The number of carbonyl (C=O) groups excluding carboxylic acids is 1. The van der Waals surface area contributed by atoms with Gasteiger partial charge in [0.2, 0.25) is 5.91 Å². The average Bonchev–Trinajstić information content (AvgIpc) is 3.28. The predicted octanol–water partition coefficient (Wildman–Crippen LogP) is 3.57. The molecule has 0 atom stereocenters. The number of nitrogens with zero attached hydrogens (tertiary/aromatic N) is 5. The van der Waals surface area contributed by atoms with Gasteiger partial charge in [0, 0.05) is 32.7 Å². The summed E-state index contributed by atoms with van der Waals surface area (Å²) in [5.41, 5.74) is 5.01. The lowest BCUT2D eigenvalue weighted by atomic mass is 10.1. The normalized spacial score (nSPS) is 14.7. The third-order valence-corrected chi connectivity index (χ3v) is 6.78. The molecule has 1 saturated heterocycles. The van der Waals surface area contributed by atoms with E-state index in [2.05, 4.69) is 65.3 Å². The Hall–Kier alpha value is -2.64. The van der Waals surface area contributed by atoms with Gasteiger partial charge in [0.15, 0.2) is 5.16 Å². The first kappa shape index (κ1) is 21.6. The Morgan fingerprint density at radius 1 is 1.00 bits per heavy atom. The number of hydrogen-bond donors (Lipinski definition) is 0. The van der Waals surface area contributed by atoms with Gasteiger partial charge in [-0.25, -0.2) is 0 Å². The molecule has 0 unspecified atom stereocenters. The van der Waals surface area contributed by atoms with E-state index in [1.165, 1.54) is 28.5 Å². The summed E-state index contributed by atoms with van der Waals surface area (Å²) < 4.78 is 1.98. The van der Waals surface area contributed by atoms with E-state index >= 15 is 0 Å². The highest BCUT2D eigenvalue weighted by atomic mass is 32.2. The molecule has 1 aromatic heterocycles. The van der Waals surface area contributed by atoms with Gasteiger partial charge in [0.05, 0.1) is 11.4 Å². The maximum Gasteiger partial charge on any atom is 0.233 e. The zero-order valence-corrected chi connectivity index (χ0v) is 19.0. The van der Waals surface area contributed by atoms with Gasteiger partial charge in [-0.2, -0.15) is 0 Å². The van der Waals surface area contributed by atoms with Gasteiger partial charge in [0.1, 0.15) is 6.33 Å². The molecule has 0 N–H and O–H groups in total. The number of benzene rings is 2. The quantitative estimate of drug-likeness (QED) is 0.531. The summed E-state index contributed by atoms with van der Waals surface area (Å²) in [7, 11) is 0. The molecule has 2 heterocycles. The monoisotopic (exact) mass is 435 g/mol. The molecule has 1 amide bonds. The lowest BCUT2D eigenvalue weighted by Gasteiger charge is -2.35. The van der Waals surface area contributed by atoms with E-state index in [0.717, 1.165) is 50.0 Å². The molecule has 0 spiro atoms. The molecule has 1 fully saturated rings. The van der Waals surface area contributed by atoms with Crippen molar-refractivity contribution in [3.05, 3.63) is 71.5 Å². The molecule has 1 aliphatic rings. The van der Waals surface area contributed by atoms with E-state index in [1.54, 1.807) is 6.33 Å². The van der Waals surface area contributed by atoms with Gasteiger partial charge in [0.25, 0.3) is 0 Å². The highest BCUT2D eigenvalue weighted by Crippen LogP contribution is 2.23. The molecule has 31 heavy (non-hydrogen) atoms. The molecule has 0 radical (unpaired) electrons. The van der Waals surface area contributed by atoms with Crippen LogP contribution in [0.15, 0.2) is 60.0 Å². The van der Waals surface area contributed by atoms with Crippen molar-refractivity contribution in [2.75, 3.05) is 31.9 Å². The van der Waals surface area contributed by atoms with Crippen LogP contribution in [-0.4, -0.2) is 62.4 Å². The number of amides is 1. The van der Waals surface area contributed by atoms with Gasteiger partial charge in [-0.05, 0) is 36.1 Å². The molecule has 7 heteroatoms. The number of aromatic nitrogens is 3. The Morgan fingerprint density at radius 2 is 1.71 bits per heavy atom. The fraction of sp³-hybridized carbons (Fsp3) is 0.375. The molecule has 2 aromatic carbocycles. The molecule has 1 aliphatic heterocycles. The third kappa shape index (κ3) is 5.17. The van der Waals surface area contributed by atoms with E-state index in [9.17, 15) is 4.79 Å². The minimum absolute atomic E-state index is 0.166. The van der Waals surface area contributed by atoms with Crippen LogP contribution in [0.5, 0.6) is 0 Å². The summed E-state index contributed by atoms with van der Waals surface area (Å²) in [6.07, 6.45) is 2.66. The second kappa shape index (κ2) is 10.1. The molecule has 6 nitrogen and oxygen atoms in total. The number of carbonyl (C=O) groups is 1. The number of rotatable bonds is 7. The van der Waals surface area contributed by atoms with Gasteiger partial charge in [-0.1, -0.05) is 61.2 Å². The van der Waals surface area contributed by atoms with Crippen molar-refractivity contribution in [2.24, 2.45) is 0 Å². The standard InChI is InChI=1S/C24H29N5OS/c1-3-20-9-6-7-11-22(20)29-18-25-26-24(29)31-17-23(30)28-14-12-27(13-15-28)16-21-10-5-4-8-19(21)2/h4-11,18H,3,12-17H2,1-2H3. The van der Waals surface area contributed by atoms with Gasteiger partial charge in [-0.15, -0.1) is 10.2 Å². The maximum atomic E-state index is 12.8. The topological polar surface area (TPSA) is 54.3 Å². The minimum Gasteiger partial charge on any atom is -0.339 e. The van der Waals surface area contributed by atoms with Crippen LogP contribution in [0.4, 0.5) is 0 Å². The summed E-state index contributed by atoms with van der Waals surface area (Å²) in [5.74, 6) is 0.545. The van der Waals surface area contributed by atoms with Crippen molar-refractivity contribution in [2.45, 2.75) is 32.0 Å². The Labute approximate surface area is 188 Å². The van der Waals surface area contributed by atoms with Gasteiger partial charge >= 0.3 is 0 Å². The van der Waals surface area contributed by atoms with Crippen molar-refractivity contribution >= 4 is 17.7 Å². The van der Waals surface area contributed by atoms with Crippen LogP contribution in [0.25, 0.3) is 5.69 Å². The first-order chi connectivity index (χ1) is 15.2. The fourth-order valence-electron chi connectivity index (χ4n) is 3.93. The second-order valence-corrected chi connectivity index (χ2v) is 8.78. The number of thioether (sulfide) groups is 1. The van der Waals surface area contributed by atoms with Crippen LogP contribution >= 0.6 is 11.8 Å². The lowest BCUT2D eigenvalue weighted by Crippen LogP contribution is -2.48. The Morgan fingerprint density at radius 3 is 2.45 bits per heavy atom. The Balaban J connectivity index is 1.31. The molecule has 162 valence electrons. The van der Waals surface area contributed by atoms with Crippen LogP contribution in [0.2, 0.25) is 0 Å². The van der Waals surface area contributed by atoms with Crippen molar-refractivity contribution in [3.8, 4) is 5.69 Å². The van der Waals surface area contributed by atoms with Crippen molar-refractivity contribution < 1.29 is 4.79 Å². The molecule has 4 rings (SSSR count). The molecule has 0 aliphatic carbocycles. The first-order valence-corrected chi connectivity index (χ1v) is 11.8. The van der Waals surface area contributed by atoms with Crippen LogP contribution in [0.1, 0.15) is 23.6 Å². The van der Waals surface area contributed by atoms with Gasteiger partial charge < -0.3 is 4.90 Å². The van der Waals surface area contributed by atoms with Crippen LogP contribution in [0, 0.1) is 6.92 Å². The SMILES string of the molecule is CCc1ccccc1-n1cnnc1SCC(=O)N1CCN(Cc2ccccc2C)CC1. The molecule has 3 aromatic rings. The Bertz CT molecular complexity index is 1030. The van der Waals surface area contributed by atoms with E-state index in [1.807, 2.05) is 21.6 Å². The van der Waals surface area contributed by atoms with E-state index in [4.69, 9.17) is 0 Å². The number of hydrogen-bond acceptors (Lipinski definition) is 5. The third-order valence-electron chi connectivity index (χ3n) is 5.85. The lowest BCUT2D eigenvalue weighted by molar-refractivity contribution is -0.130. The predicted molar refractivity (Wildman–Crippen MR) is 124 cm³/mol. The number of piperazine rings is 1. The minimum atomic E-state index is 0.166. The van der Waals surface area contributed by atoms with E-state index in [-0.39, 0.29) is 5.91 Å². The average molecular weight is 436 g/mol. The van der Waals surface area contributed by atoms with Crippen LogP contribution in [0.3, 0.4) is 0 Å². The van der Waals surface area contributed by atoms with Crippen LogP contribution < -0.4 is 0 Å². The summed E-state index contributed by atoms with van der Waals surface area (Å²) in [6, 6.07) is 16.8. The zero-order valence-electron chi connectivity index (χ0n) is 18.2. The molecular formula is C24H29N5OS. The van der Waals surface area contributed by atoms with E-state index < -0.39 is 0 Å². The summed E-state index contributed by atoms with van der Waals surface area (Å²) in [6.45, 7) is 8.61. The fourth-order valence-corrected chi connectivity index (χ4v) is 4.76. The zero-order chi connectivity index (χ0) is 21.6. The Kier molecular flexibility index (Phi) is 7.04. The van der Waals surface area contributed by atoms with Crippen molar-refractivity contribution in [3.63, 3.8) is 0 Å². The smallest absolute Gasteiger partial charge is 0.233 e. The van der Waals surface area contributed by atoms with Gasteiger partial charge in [-0.3, -0.25) is 14.3 Å². The summed E-state index contributed by atoms with van der Waals surface area (Å²) in [4.78, 5) is 17.2. The molecule has 0 bridgehead atoms. The number of aryl methyl sites for hydroxylation is 2. The second-order valence-electron chi connectivity index (χ2n) is 7.84. The summed E-state index contributed by atoms with van der Waals surface area (Å²) >= 11 is 1.46. The van der Waals surface area contributed by atoms with E-state index in [0.29, 0.717) is 5.75 Å². The van der Waals surface area contributed by atoms with Crippen molar-refractivity contribution in [1.82, 2.24) is 24.6 Å². The largest absolute Gasteiger partial charge is 0.339 e. The summed E-state index contributed by atoms with van der Waals surface area (Å²) in [5, 5.41) is 9.09. The molecular weight excluding hydrogens is 406 g/mol.